The smallest absolute Gasteiger partial charge is 0.284 e. The number of nitro groups is 4. The van der Waals surface area contributed by atoms with E-state index in [0.29, 0.717) is 5.82 Å². The lowest BCUT2D eigenvalue weighted by molar-refractivity contribution is -0.395. The van der Waals surface area contributed by atoms with Crippen molar-refractivity contribution < 1.29 is 19.7 Å². The maximum absolute atomic E-state index is 11.8. The average molecular weight is 444 g/mol. The molecule has 0 spiro atoms. The van der Waals surface area contributed by atoms with Crippen LogP contribution in [0.3, 0.4) is 0 Å². The summed E-state index contributed by atoms with van der Waals surface area (Å²) in [5.41, 5.74) is -2.82. The maximum Gasteiger partial charge on any atom is 0.284 e. The van der Waals surface area contributed by atoms with Crippen molar-refractivity contribution >= 4 is 28.3 Å². The van der Waals surface area contributed by atoms with Crippen molar-refractivity contribution in [1.29, 1.82) is 0 Å². The SMILES string of the molecule is CN(C)C(=C1c2cc([N+](=O)[O-])cc([N+](=O)[O-])c2-c2c1cc([N+](=O)[O-])cc2[N+](=O)[O-])N(C)C. The molecule has 1 aliphatic carbocycles. The Morgan fingerprint density at radius 1 is 0.625 bits per heavy atom. The molecular formula is C18H16N6O8. The number of nitrogens with zero attached hydrogens (tertiary/aromatic N) is 6. The van der Waals surface area contributed by atoms with E-state index in [9.17, 15) is 40.5 Å². The molecule has 3 rings (SSSR count). The number of rotatable bonds is 6. The third-order valence-electron chi connectivity index (χ3n) is 4.88. The highest BCUT2D eigenvalue weighted by Gasteiger charge is 2.42. The van der Waals surface area contributed by atoms with Crippen molar-refractivity contribution in [2.45, 2.75) is 0 Å². The Bertz CT molecular complexity index is 1160. The molecule has 32 heavy (non-hydrogen) atoms. The zero-order valence-corrected chi connectivity index (χ0v) is 17.3. The van der Waals surface area contributed by atoms with Crippen molar-refractivity contribution in [1.82, 2.24) is 9.80 Å². The molecule has 0 atom stereocenters. The molecule has 0 N–H and O–H groups in total. The van der Waals surface area contributed by atoms with Crippen LogP contribution in [0.4, 0.5) is 22.7 Å². The van der Waals surface area contributed by atoms with Crippen LogP contribution in [0.1, 0.15) is 11.1 Å². The number of non-ortho nitro benzene ring substituents is 2. The lowest BCUT2D eigenvalue weighted by atomic mass is 10.0. The Kier molecular flexibility index (Phi) is 5.22. The predicted octanol–water partition coefficient (Wildman–Crippen LogP) is 3.14. The topological polar surface area (TPSA) is 179 Å². The highest BCUT2D eigenvalue weighted by Crippen LogP contribution is 2.55. The van der Waals surface area contributed by atoms with Gasteiger partial charge in [0.15, 0.2) is 0 Å². The van der Waals surface area contributed by atoms with Crippen molar-refractivity contribution in [3.8, 4) is 11.1 Å². The third kappa shape index (κ3) is 3.32. The van der Waals surface area contributed by atoms with Crippen molar-refractivity contribution in [3.05, 3.63) is 81.7 Å². The summed E-state index contributed by atoms with van der Waals surface area (Å²) in [6, 6.07) is 3.61. The minimum Gasteiger partial charge on any atom is -0.364 e. The number of benzene rings is 2. The Hall–Kier alpha value is -4.62. The summed E-state index contributed by atoms with van der Waals surface area (Å²) in [5, 5.41) is 46.5. The van der Waals surface area contributed by atoms with Crippen molar-refractivity contribution in [2.75, 3.05) is 28.2 Å². The summed E-state index contributed by atoms with van der Waals surface area (Å²) < 4.78 is 0. The van der Waals surface area contributed by atoms with Gasteiger partial charge < -0.3 is 9.80 Å². The van der Waals surface area contributed by atoms with Crippen molar-refractivity contribution in [2.24, 2.45) is 0 Å². The normalized spacial score (nSPS) is 11.4. The van der Waals surface area contributed by atoms with Gasteiger partial charge in [0.1, 0.15) is 5.82 Å². The van der Waals surface area contributed by atoms with E-state index >= 15 is 0 Å². The first-order chi connectivity index (χ1) is 14.9. The second-order valence-corrected chi connectivity index (χ2v) is 7.29. The molecule has 2 aromatic carbocycles. The fraction of sp³-hybridized carbons (Fsp3) is 0.222. The molecule has 0 heterocycles. The minimum atomic E-state index is -0.866. The molecule has 0 bridgehead atoms. The van der Waals surface area contributed by atoms with Crippen LogP contribution in [0.5, 0.6) is 0 Å². The van der Waals surface area contributed by atoms with Gasteiger partial charge in [-0.1, -0.05) is 0 Å². The quantitative estimate of drug-likeness (QED) is 0.405. The summed E-state index contributed by atoms with van der Waals surface area (Å²) in [5.74, 6) is 0.384. The van der Waals surface area contributed by atoms with Crippen LogP contribution in [0, 0.1) is 40.5 Å². The van der Waals surface area contributed by atoms with Gasteiger partial charge in [-0.2, -0.15) is 0 Å². The van der Waals surface area contributed by atoms with Gasteiger partial charge in [-0.05, 0) is 0 Å². The predicted molar refractivity (Wildman–Crippen MR) is 112 cm³/mol. The van der Waals surface area contributed by atoms with E-state index in [0.717, 1.165) is 24.3 Å². The molecule has 0 fully saturated rings. The Labute approximate surface area is 179 Å². The first-order valence-corrected chi connectivity index (χ1v) is 8.90. The van der Waals surface area contributed by atoms with E-state index in [1.165, 1.54) is 0 Å². The number of hydrogen-bond acceptors (Lipinski definition) is 10. The molecule has 0 saturated carbocycles. The number of nitro benzene ring substituents is 4. The first kappa shape index (κ1) is 22.1. The zero-order chi connectivity index (χ0) is 24.1. The molecule has 14 heteroatoms. The molecule has 14 nitrogen and oxygen atoms in total. The monoisotopic (exact) mass is 444 g/mol. The standard InChI is InChI=1S/C18H16N6O8/c1-19(2)18(20(3)4)15-11-5-9(21(25)26)7-13(23(29)30)16(11)17-12(15)6-10(22(27)28)8-14(17)24(31)32/h5-8H,1-4H3. The second kappa shape index (κ2) is 7.57. The number of fused-ring (bicyclic) bond motifs is 3. The van der Waals surface area contributed by atoms with Gasteiger partial charge in [0.2, 0.25) is 0 Å². The van der Waals surface area contributed by atoms with Crippen LogP contribution in [-0.4, -0.2) is 57.7 Å². The van der Waals surface area contributed by atoms with Gasteiger partial charge in [0, 0.05) is 57.0 Å². The van der Waals surface area contributed by atoms with Gasteiger partial charge >= 0.3 is 0 Å². The molecule has 0 aliphatic heterocycles. The Morgan fingerprint density at radius 2 is 0.969 bits per heavy atom. The van der Waals surface area contributed by atoms with E-state index in [1.54, 1.807) is 38.0 Å². The van der Waals surface area contributed by atoms with Gasteiger partial charge in [0.05, 0.1) is 43.0 Å². The lowest BCUT2D eigenvalue weighted by Gasteiger charge is -2.27. The third-order valence-corrected chi connectivity index (χ3v) is 4.88. The van der Waals surface area contributed by atoms with Gasteiger partial charge in [-0.25, -0.2) is 0 Å². The van der Waals surface area contributed by atoms with E-state index in [1.807, 2.05) is 0 Å². The molecule has 0 unspecified atom stereocenters. The lowest BCUT2D eigenvalue weighted by Crippen LogP contribution is -2.26. The van der Waals surface area contributed by atoms with Gasteiger partial charge in [-0.3, -0.25) is 40.5 Å². The summed E-state index contributed by atoms with van der Waals surface area (Å²) in [6.07, 6.45) is 0. The van der Waals surface area contributed by atoms with Crippen LogP contribution in [-0.2, 0) is 0 Å². The van der Waals surface area contributed by atoms with Crippen molar-refractivity contribution in [3.63, 3.8) is 0 Å². The van der Waals surface area contributed by atoms with Crippen LogP contribution in [0.25, 0.3) is 16.7 Å². The second-order valence-electron chi connectivity index (χ2n) is 7.29. The summed E-state index contributed by atoms with van der Waals surface area (Å²) in [7, 11) is 6.55. The summed E-state index contributed by atoms with van der Waals surface area (Å²) in [6.45, 7) is 0. The molecule has 0 amide bonds. The van der Waals surface area contributed by atoms with Gasteiger partial charge in [0.25, 0.3) is 22.7 Å². The average Bonchev–Trinajstić information content (AvgIpc) is 3.00. The molecule has 1 aliphatic rings. The van der Waals surface area contributed by atoms with E-state index < -0.39 is 42.4 Å². The van der Waals surface area contributed by atoms with Gasteiger partial charge in [-0.15, -0.1) is 0 Å². The molecule has 0 saturated heterocycles. The van der Waals surface area contributed by atoms with Crippen LogP contribution in [0.2, 0.25) is 0 Å². The number of hydrogen-bond donors (Lipinski definition) is 0. The molecule has 0 radical (unpaired) electrons. The zero-order valence-electron chi connectivity index (χ0n) is 17.3. The van der Waals surface area contributed by atoms with E-state index in [-0.39, 0.29) is 27.8 Å². The van der Waals surface area contributed by atoms with E-state index in [2.05, 4.69) is 0 Å². The van der Waals surface area contributed by atoms with E-state index in [4.69, 9.17) is 0 Å². The highest BCUT2D eigenvalue weighted by molar-refractivity contribution is 6.08. The molecular weight excluding hydrogens is 428 g/mol. The van der Waals surface area contributed by atoms with Crippen LogP contribution < -0.4 is 0 Å². The Balaban J connectivity index is 2.68. The highest BCUT2D eigenvalue weighted by atomic mass is 16.6. The largest absolute Gasteiger partial charge is 0.364 e. The Morgan fingerprint density at radius 3 is 1.22 bits per heavy atom. The summed E-state index contributed by atoms with van der Waals surface area (Å²) >= 11 is 0. The molecule has 2 aromatic rings. The fourth-order valence-corrected chi connectivity index (χ4v) is 3.88. The first-order valence-electron chi connectivity index (χ1n) is 8.90. The minimum absolute atomic E-state index is 0.00176. The van der Waals surface area contributed by atoms with Crippen LogP contribution in [0.15, 0.2) is 30.1 Å². The summed E-state index contributed by atoms with van der Waals surface area (Å²) in [4.78, 5) is 46.4. The molecule has 0 aromatic heterocycles. The maximum atomic E-state index is 11.8. The fourth-order valence-electron chi connectivity index (χ4n) is 3.88. The van der Waals surface area contributed by atoms with Crippen LogP contribution >= 0.6 is 0 Å². The molecule has 166 valence electrons.